The molecule has 0 aliphatic heterocycles. The summed E-state index contributed by atoms with van der Waals surface area (Å²) in [6.07, 6.45) is 10.6. The van der Waals surface area contributed by atoms with Crippen LogP contribution in [-0.2, 0) is 0 Å². The second kappa shape index (κ2) is 6.55. The molecular formula is C17H22O. The van der Waals surface area contributed by atoms with Crippen molar-refractivity contribution in [2.45, 2.75) is 38.7 Å². The summed E-state index contributed by atoms with van der Waals surface area (Å²) in [6.45, 7) is 2.30. The molecule has 1 aromatic carbocycles. The molecule has 2 atom stereocenters. The van der Waals surface area contributed by atoms with Gasteiger partial charge >= 0.3 is 0 Å². The normalized spacial score (nSPS) is 23.9. The highest BCUT2D eigenvalue weighted by molar-refractivity contribution is 5.20. The minimum Gasteiger partial charge on any atom is -0.388 e. The molecule has 2 rings (SSSR count). The van der Waals surface area contributed by atoms with E-state index in [1.54, 1.807) is 5.57 Å². The Bertz CT molecular complexity index is 416. The Morgan fingerprint density at radius 3 is 2.78 bits per heavy atom. The van der Waals surface area contributed by atoms with E-state index >= 15 is 0 Å². The van der Waals surface area contributed by atoms with Gasteiger partial charge in [0.25, 0.3) is 0 Å². The van der Waals surface area contributed by atoms with Crippen LogP contribution >= 0.6 is 0 Å². The maximum Gasteiger partial charge on any atom is 0.0824 e. The summed E-state index contributed by atoms with van der Waals surface area (Å²) < 4.78 is 0. The summed E-state index contributed by atoms with van der Waals surface area (Å²) in [5.74, 6) is 0.744. The van der Waals surface area contributed by atoms with Crippen LogP contribution in [-0.4, -0.2) is 5.11 Å². The maximum absolute atomic E-state index is 9.99. The molecular weight excluding hydrogens is 220 g/mol. The Balaban J connectivity index is 1.84. The zero-order valence-electron chi connectivity index (χ0n) is 11.0. The van der Waals surface area contributed by atoms with Gasteiger partial charge in [0.1, 0.15) is 0 Å². The number of hydrogen-bond donors (Lipinski definition) is 1. The number of aliphatic hydroxyl groups excluding tert-OH is 1. The van der Waals surface area contributed by atoms with E-state index in [0.29, 0.717) is 6.42 Å². The molecule has 2 unspecified atom stereocenters. The molecule has 0 heterocycles. The van der Waals surface area contributed by atoms with Crippen LogP contribution in [0.15, 0.2) is 54.1 Å². The van der Waals surface area contributed by atoms with E-state index < -0.39 is 0 Å². The van der Waals surface area contributed by atoms with Gasteiger partial charge in [-0.1, -0.05) is 61.1 Å². The standard InChI is InChI=1S/C17H22O/c1-14-8-7-12-15(14)9-5-6-13-17(18)16-10-3-2-4-11-16/h2-6,9-11,14,17-18H,7-8,12-13H2,1H3/b6-5+,15-9-. The molecule has 0 saturated heterocycles. The van der Waals surface area contributed by atoms with Crippen molar-refractivity contribution < 1.29 is 5.11 Å². The summed E-state index contributed by atoms with van der Waals surface area (Å²) in [7, 11) is 0. The third-order valence-electron chi connectivity index (χ3n) is 3.73. The van der Waals surface area contributed by atoms with E-state index in [1.807, 2.05) is 30.3 Å². The van der Waals surface area contributed by atoms with Gasteiger partial charge in [-0.25, -0.2) is 0 Å². The molecule has 0 radical (unpaired) electrons. The molecule has 1 aliphatic rings. The second-order valence-corrected chi connectivity index (χ2v) is 5.13. The van der Waals surface area contributed by atoms with Crippen molar-refractivity contribution in [3.05, 3.63) is 59.7 Å². The molecule has 0 amide bonds. The lowest BCUT2D eigenvalue weighted by Crippen LogP contribution is -1.94. The zero-order valence-corrected chi connectivity index (χ0v) is 11.0. The third-order valence-corrected chi connectivity index (χ3v) is 3.73. The molecule has 96 valence electrons. The van der Waals surface area contributed by atoms with Gasteiger partial charge in [-0.15, -0.1) is 0 Å². The smallest absolute Gasteiger partial charge is 0.0824 e. The van der Waals surface area contributed by atoms with E-state index in [0.717, 1.165) is 11.5 Å². The highest BCUT2D eigenvalue weighted by atomic mass is 16.3. The first-order valence-corrected chi connectivity index (χ1v) is 6.86. The van der Waals surface area contributed by atoms with Crippen LogP contribution in [0.4, 0.5) is 0 Å². The SMILES string of the molecule is CC1CCC/C1=C/C=C/CC(O)c1ccccc1. The predicted molar refractivity (Wildman–Crippen MR) is 76.3 cm³/mol. The molecule has 0 bridgehead atoms. The fourth-order valence-corrected chi connectivity index (χ4v) is 2.50. The van der Waals surface area contributed by atoms with Gasteiger partial charge in [-0.3, -0.25) is 0 Å². The summed E-state index contributed by atoms with van der Waals surface area (Å²) in [5.41, 5.74) is 2.55. The Morgan fingerprint density at radius 1 is 1.33 bits per heavy atom. The number of allylic oxidation sites excluding steroid dienone is 3. The van der Waals surface area contributed by atoms with Gasteiger partial charge < -0.3 is 5.11 Å². The monoisotopic (exact) mass is 242 g/mol. The number of aliphatic hydroxyl groups is 1. The molecule has 18 heavy (non-hydrogen) atoms. The van der Waals surface area contributed by atoms with Crippen LogP contribution in [0.1, 0.15) is 44.3 Å². The van der Waals surface area contributed by atoms with Gasteiger partial charge in [0.05, 0.1) is 6.10 Å². The van der Waals surface area contributed by atoms with Crippen molar-refractivity contribution in [3.63, 3.8) is 0 Å². The summed E-state index contributed by atoms with van der Waals surface area (Å²) >= 11 is 0. The first-order chi connectivity index (χ1) is 8.77. The number of rotatable bonds is 4. The van der Waals surface area contributed by atoms with E-state index in [2.05, 4.69) is 25.2 Å². The van der Waals surface area contributed by atoms with Crippen molar-refractivity contribution in [1.82, 2.24) is 0 Å². The fraction of sp³-hybridized carbons (Fsp3) is 0.412. The average molecular weight is 242 g/mol. The van der Waals surface area contributed by atoms with Gasteiger partial charge in [0, 0.05) is 0 Å². The van der Waals surface area contributed by atoms with E-state index in [-0.39, 0.29) is 6.10 Å². The van der Waals surface area contributed by atoms with Crippen molar-refractivity contribution in [3.8, 4) is 0 Å². The molecule has 1 nitrogen and oxygen atoms in total. The highest BCUT2D eigenvalue weighted by Crippen LogP contribution is 2.30. The van der Waals surface area contributed by atoms with E-state index in [1.165, 1.54) is 19.3 Å². The van der Waals surface area contributed by atoms with Gasteiger partial charge in [0.15, 0.2) is 0 Å². The van der Waals surface area contributed by atoms with Crippen molar-refractivity contribution >= 4 is 0 Å². The minimum atomic E-state index is -0.387. The Morgan fingerprint density at radius 2 is 2.11 bits per heavy atom. The first-order valence-electron chi connectivity index (χ1n) is 6.86. The largest absolute Gasteiger partial charge is 0.388 e. The van der Waals surface area contributed by atoms with Crippen LogP contribution < -0.4 is 0 Å². The zero-order chi connectivity index (χ0) is 12.8. The summed E-state index contributed by atoms with van der Waals surface area (Å²) in [4.78, 5) is 0. The molecule has 1 aliphatic carbocycles. The maximum atomic E-state index is 9.99. The van der Waals surface area contributed by atoms with Gasteiger partial charge in [-0.2, -0.15) is 0 Å². The lowest BCUT2D eigenvalue weighted by molar-refractivity contribution is 0.181. The third kappa shape index (κ3) is 3.58. The van der Waals surface area contributed by atoms with E-state index in [4.69, 9.17) is 0 Å². The number of benzene rings is 1. The molecule has 1 saturated carbocycles. The Hall–Kier alpha value is -1.34. The first kappa shape index (κ1) is 13.1. The Labute approximate surface area is 110 Å². The van der Waals surface area contributed by atoms with Crippen molar-refractivity contribution in [2.75, 3.05) is 0 Å². The highest BCUT2D eigenvalue weighted by Gasteiger charge is 2.14. The Kier molecular flexibility index (Phi) is 4.77. The quantitative estimate of drug-likeness (QED) is 0.829. The molecule has 1 N–H and O–H groups in total. The molecule has 1 heteroatoms. The second-order valence-electron chi connectivity index (χ2n) is 5.13. The van der Waals surface area contributed by atoms with Crippen molar-refractivity contribution in [1.29, 1.82) is 0 Å². The van der Waals surface area contributed by atoms with Gasteiger partial charge in [0.2, 0.25) is 0 Å². The van der Waals surface area contributed by atoms with Crippen LogP contribution in [0.2, 0.25) is 0 Å². The molecule has 0 spiro atoms. The molecule has 0 aromatic heterocycles. The predicted octanol–water partition coefficient (Wildman–Crippen LogP) is 4.41. The minimum absolute atomic E-state index is 0.387. The van der Waals surface area contributed by atoms with Gasteiger partial charge in [-0.05, 0) is 37.2 Å². The molecule has 1 fully saturated rings. The topological polar surface area (TPSA) is 20.2 Å². The van der Waals surface area contributed by atoms with Crippen molar-refractivity contribution in [2.24, 2.45) is 5.92 Å². The molecule has 1 aromatic rings. The van der Waals surface area contributed by atoms with Crippen LogP contribution in [0.25, 0.3) is 0 Å². The average Bonchev–Trinajstić information content (AvgIpc) is 2.81. The fourth-order valence-electron chi connectivity index (χ4n) is 2.50. The number of hydrogen-bond acceptors (Lipinski definition) is 1. The van der Waals surface area contributed by atoms with E-state index in [9.17, 15) is 5.11 Å². The lowest BCUT2D eigenvalue weighted by atomic mass is 10.0. The summed E-state index contributed by atoms with van der Waals surface area (Å²) in [6, 6.07) is 9.83. The summed E-state index contributed by atoms with van der Waals surface area (Å²) in [5, 5.41) is 9.99. The lowest BCUT2D eigenvalue weighted by Gasteiger charge is -2.07. The van der Waals surface area contributed by atoms with Crippen LogP contribution in [0.3, 0.4) is 0 Å². The van der Waals surface area contributed by atoms with Crippen LogP contribution in [0.5, 0.6) is 0 Å². The van der Waals surface area contributed by atoms with Crippen LogP contribution in [0, 0.1) is 5.92 Å².